The van der Waals surface area contributed by atoms with Crippen LogP contribution in [0.25, 0.3) is 0 Å². The first-order valence-electron chi connectivity index (χ1n) is 5.13. The lowest BCUT2D eigenvalue weighted by atomic mass is 10.4. The quantitative estimate of drug-likeness (QED) is 0.723. The molecule has 0 spiro atoms. The lowest BCUT2D eigenvalue weighted by molar-refractivity contribution is 0.199. The Bertz CT molecular complexity index is 288. The van der Waals surface area contributed by atoms with Gasteiger partial charge in [-0.05, 0) is 19.9 Å². The van der Waals surface area contributed by atoms with Gasteiger partial charge in [0, 0.05) is 20.2 Å². The molecule has 0 fully saturated rings. The summed E-state index contributed by atoms with van der Waals surface area (Å²) in [6.45, 7) is 5.51. The van der Waals surface area contributed by atoms with Gasteiger partial charge in [-0.1, -0.05) is 11.6 Å². The zero-order valence-corrected chi connectivity index (χ0v) is 10.0. The van der Waals surface area contributed by atoms with Crippen LogP contribution in [0, 0.1) is 6.92 Å². The standard InChI is InChI=1S/C10H18ClN3O/c1-9-10(11)8-13-14(9)6-3-4-12-5-7-15-2/h8,12H,3-7H2,1-2H3. The molecule has 0 radical (unpaired) electrons. The number of nitrogens with one attached hydrogen (secondary N) is 1. The summed E-state index contributed by atoms with van der Waals surface area (Å²) in [6.07, 6.45) is 2.73. The first kappa shape index (κ1) is 12.5. The van der Waals surface area contributed by atoms with Crippen molar-refractivity contribution >= 4 is 11.6 Å². The molecule has 86 valence electrons. The predicted molar refractivity (Wildman–Crippen MR) is 61.3 cm³/mol. The highest BCUT2D eigenvalue weighted by Crippen LogP contribution is 2.13. The molecule has 1 rings (SSSR count). The Morgan fingerprint density at radius 2 is 2.33 bits per heavy atom. The van der Waals surface area contributed by atoms with E-state index in [0.29, 0.717) is 0 Å². The fourth-order valence-electron chi connectivity index (χ4n) is 1.30. The van der Waals surface area contributed by atoms with Crippen LogP contribution in [0.2, 0.25) is 5.02 Å². The second kappa shape index (κ2) is 6.82. The van der Waals surface area contributed by atoms with Crippen molar-refractivity contribution < 1.29 is 4.74 Å². The minimum Gasteiger partial charge on any atom is -0.383 e. The van der Waals surface area contributed by atoms with Gasteiger partial charge in [0.25, 0.3) is 0 Å². The van der Waals surface area contributed by atoms with Crippen molar-refractivity contribution in [2.75, 3.05) is 26.8 Å². The highest BCUT2D eigenvalue weighted by molar-refractivity contribution is 6.31. The summed E-state index contributed by atoms with van der Waals surface area (Å²) in [6, 6.07) is 0. The molecule has 0 unspecified atom stereocenters. The number of aryl methyl sites for hydroxylation is 1. The minimum absolute atomic E-state index is 0.738. The van der Waals surface area contributed by atoms with Gasteiger partial charge in [0.1, 0.15) is 0 Å². The first-order chi connectivity index (χ1) is 7.25. The van der Waals surface area contributed by atoms with Crippen molar-refractivity contribution in [1.29, 1.82) is 0 Å². The molecule has 4 nitrogen and oxygen atoms in total. The Labute approximate surface area is 95.6 Å². The van der Waals surface area contributed by atoms with Crippen LogP contribution >= 0.6 is 11.6 Å². The van der Waals surface area contributed by atoms with Gasteiger partial charge in [-0.15, -0.1) is 0 Å². The summed E-state index contributed by atoms with van der Waals surface area (Å²) in [5.74, 6) is 0. The Kier molecular flexibility index (Phi) is 5.68. The van der Waals surface area contributed by atoms with E-state index in [-0.39, 0.29) is 0 Å². The number of hydrogen-bond donors (Lipinski definition) is 1. The van der Waals surface area contributed by atoms with Crippen molar-refractivity contribution in [3.8, 4) is 0 Å². The van der Waals surface area contributed by atoms with Crippen LogP contribution in [-0.2, 0) is 11.3 Å². The number of nitrogens with zero attached hydrogens (tertiary/aromatic N) is 2. The zero-order valence-electron chi connectivity index (χ0n) is 9.29. The molecular weight excluding hydrogens is 214 g/mol. The number of aromatic nitrogens is 2. The van der Waals surface area contributed by atoms with Crippen molar-refractivity contribution in [3.63, 3.8) is 0 Å². The molecule has 1 aromatic heterocycles. The van der Waals surface area contributed by atoms with Gasteiger partial charge in [-0.2, -0.15) is 5.10 Å². The van der Waals surface area contributed by atoms with E-state index in [0.717, 1.165) is 43.4 Å². The van der Waals surface area contributed by atoms with Gasteiger partial charge in [-0.3, -0.25) is 4.68 Å². The van der Waals surface area contributed by atoms with Crippen LogP contribution < -0.4 is 5.32 Å². The molecule has 1 heterocycles. The van der Waals surface area contributed by atoms with E-state index in [9.17, 15) is 0 Å². The number of rotatable bonds is 7. The number of hydrogen-bond acceptors (Lipinski definition) is 3. The molecule has 0 saturated carbocycles. The average Bonchev–Trinajstić information content (AvgIpc) is 2.54. The van der Waals surface area contributed by atoms with E-state index >= 15 is 0 Å². The molecule has 5 heteroatoms. The van der Waals surface area contributed by atoms with Gasteiger partial charge in [0.15, 0.2) is 0 Å². The lowest BCUT2D eigenvalue weighted by Gasteiger charge is -2.05. The second-order valence-electron chi connectivity index (χ2n) is 3.40. The number of ether oxygens (including phenoxy) is 1. The smallest absolute Gasteiger partial charge is 0.0814 e. The average molecular weight is 232 g/mol. The Balaban J connectivity index is 2.12. The summed E-state index contributed by atoms with van der Waals surface area (Å²) in [7, 11) is 1.71. The van der Waals surface area contributed by atoms with E-state index in [1.807, 2.05) is 11.6 Å². The molecule has 0 aromatic carbocycles. The maximum Gasteiger partial charge on any atom is 0.0814 e. The van der Waals surface area contributed by atoms with Crippen molar-refractivity contribution in [2.24, 2.45) is 0 Å². The summed E-state index contributed by atoms with van der Waals surface area (Å²) < 4.78 is 6.86. The van der Waals surface area contributed by atoms with Crippen LogP contribution in [0.1, 0.15) is 12.1 Å². The molecule has 0 aliphatic heterocycles. The van der Waals surface area contributed by atoms with E-state index in [1.165, 1.54) is 0 Å². The van der Waals surface area contributed by atoms with Gasteiger partial charge in [-0.25, -0.2) is 0 Å². The summed E-state index contributed by atoms with van der Waals surface area (Å²) in [5, 5.41) is 8.20. The summed E-state index contributed by atoms with van der Waals surface area (Å²) >= 11 is 5.90. The van der Waals surface area contributed by atoms with Crippen LogP contribution in [0.3, 0.4) is 0 Å². The van der Waals surface area contributed by atoms with Crippen molar-refractivity contribution in [3.05, 3.63) is 16.9 Å². The molecule has 0 aliphatic carbocycles. The van der Waals surface area contributed by atoms with E-state index in [1.54, 1.807) is 13.3 Å². The fraction of sp³-hybridized carbons (Fsp3) is 0.700. The van der Waals surface area contributed by atoms with E-state index in [2.05, 4.69) is 10.4 Å². The number of methoxy groups -OCH3 is 1. The highest BCUT2D eigenvalue weighted by atomic mass is 35.5. The van der Waals surface area contributed by atoms with Gasteiger partial charge in [0.2, 0.25) is 0 Å². The molecule has 0 aliphatic rings. The number of halogens is 1. The van der Waals surface area contributed by atoms with E-state index in [4.69, 9.17) is 16.3 Å². The normalized spacial score (nSPS) is 10.9. The lowest BCUT2D eigenvalue weighted by Crippen LogP contribution is -2.21. The maximum absolute atomic E-state index is 5.90. The molecule has 15 heavy (non-hydrogen) atoms. The third kappa shape index (κ3) is 4.20. The third-order valence-corrected chi connectivity index (χ3v) is 2.62. The molecule has 1 N–H and O–H groups in total. The van der Waals surface area contributed by atoms with Crippen LogP contribution in [0.15, 0.2) is 6.20 Å². The molecule has 0 saturated heterocycles. The SMILES string of the molecule is COCCNCCCn1ncc(Cl)c1C. The largest absolute Gasteiger partial charge is 0.383 e. The zero-order chi connectivity index (χ0) is 11.1. The van der Waals surface area contributed by atoms with Gasteiger partial charge in [0.05, 0.1) is 23.5 Å². The Hall–Kier alpha value is -0.580. The van der Waals surface area contributed by atoms with Crippen molar-refractivity contribution in [1.82, 2.24) is 15.1 Å². The summed E-state index contributed by atoms with van der Waals surface area (Å²) in [5.41, 5.74) is 1.04. The molecule has 0 atom stereocenters. The third-order valence-electron chi connectivity index (χ3n) is 2.25. The Morgan fingerprint density at radius 1 is 1.53 bits per heavy atom. The molecule has 1 aromatic rings. The first-order valence-corrected chi connectivity index (χ1v) is 5.51. The second-order valence-corrected chi connectivity index (χ2v) is 3.80. The monoisotopic (exact) mass is 231 g/mol. The van der Waals surface area contributed by atoms with Crippen molar-refractivity contribution in [2.45, 2.75) is 19.9 Å². The molecule has 0 bridgehead atoms. The van der Waals surface area contributed by atoms with Gasteiger partial charge >= 0.3 is 0 Å². The summed E-state index contributed by atoms with van der Waals surface area (Å²) in [4.78, 5) is 0. The highest BCUT2D eigenvalue weighted by Gasteiger charge is 2.02. The van der Waals surface area contributed by atoms with Crippen LogP contribution in [0.5, 0.6) is 0 Å². The Morgan fingerprint density at radius 3 is 2.93 bits per heavy atom. The maximum atomic E-state index is 5.90. The molecular formula is C10H18ClN3O. The minimum atomic E-state index is 0.738. The van der Waals surface area contributed by atoms with E-state index < -0.39 is 0 Å². The fourth-order valence-corrected chi connectivity index (χ4v) is 1.44. The van der Waals surface area contributed by atoms with Crippen LogP contribution in [-0.4, -0.2) is 36.6 Å². The van der Waals surface area contributed by atoms with Crippen LogP contribution in [0.4, 0.5) is 0 Å². The topological polar surface area (TPSA) is 39.1 Å². The predicted octanol–water partition coefficient (Wildman–Crippen LogP) is 1.47. The molecule has 0 amide bonds. The van der Waals surface area contributed by atoms with Gasteiger partial charge < -0.3 is 10.1 Å².